The van der Waals surface area contributed by atoms with Crippen LogP contribution >= 0.6 is 0 Å². The van der Waals surface area contributed by atoms with Gasteiger partial charge in [0.15, 0.2) is 0 Å². The maximum absolute atomic E-state index is 14.6. The molecule has 0 radical (unpaired) electrons. The second kappa shape index (κ2) is 23.2. The maximum atomic E-state index is 14.6. The number of amides is 2. The highest BCUT2D eigenvalue weighted by Gasteiger charge is 2.65. The Kier molecular flexibility index (Phi) is 16.4. The van der Waals surface area contributed by atoms with Crippen LogP contribution in [0.25, 0.3) is 10.8 Å². The lowest BCUT2D eigenvalue weighted by Crippen LogP contribution is -2.70. The highest BCUT2D eigenvalue weighted by molar-refractivity contribution is 6.03. The number of methoxy groups -OCH3 is 3. The van der Waals surface area contributed by atoms with E-state index in [-0.39, 0.29) is 62.9 Å². The predicted octanol–water partition coefficient (Wildman–Crippen LogP) is 10.6. The van der Waals surface area contributed by atoms with E-state index in [1.807, 2.05) is 78.9 Å². The van der Waals surface area contributed by atoms with Crippen LogP contribution in [0.1, 0.15) is 67.6 Å². The van der Waals surface area contributed by atoms with Gasteiger partial charge in [0.2, 0.25) is 5.79 Å². The molecule has 1 fully saturated rings. The summed E-state index contributed by atoms with van der Waals surface area (Å²) in [6.07, 6.45) is 7.00. The maximum Gasteiger partial charge on any atom is 0.417 e. The van der Waals surface area contributed by atoms with Gasteiger partial charge in [0.1, 0.15) is 35.6 Å². The average molecular weight is 954 g/mol. The molecule has 0 unspecified atom stereocenters. The molecule has 3 N–H and O–H groups in total. The molecule has 6 atom stereocenters. The topological polar surface area (TPSA) is 167 Å². The molecule has 3 aliphatic rings. The molecule has 70 heavy (non-hydrogen) atoms. The summed E-state index contributed by atoms with van der Waals surface area (Å²) >= 11 is 0. The van der Waals surface area contributed by atoms with Gasteiger partial charge in [-0.25, -0.2) is 9.59 Å². The molecule has 368 valence electrons. The Hall–Kier alpha value is -6.87. The number of hydrogen-bond acceptors (Lipinski definition) is 12. The summed E-state index contributed by atoms with van der Waals surface area (Å²) in [5.74, 6) is -0.913. The molecule has 1 aliphatic heterocycles. The number of nitrogens with zero attached hydrogens (tertiary/aromatic N) is 2. The number of unbranched alkanes of at least 4 members (excludes halogenated alkanes) is 2. The van der Waals surface area contributed by atoms with Gasteiger partial charge in [0.25, 0.3) is 0 Å². The van der Waals surface area contributed by atoms with E-state index in [1.54, 1.807) is 48.4 Å². The minimum atomic E-state index is -1.55. The quantitative estimate of drug-likeness (QED) is 0.0364. The summed E-state index contributed by atoms with van der Waals surface area (Å²) < 4.78 is 37.1. The number of ether oxygens (including phenoxy) is 6. The third-order valence-corrected chi connectivity index (χ3v) is 13.8. The molecule has 1 heterocycles. The van der Waals surface area contributed by atoms with E-state index < -0.39 is 29.9 Å². The summed E-state index contributed by atoms with van der Waals surface area (Å²) in [6, 6.07) is 33.4. The number of nitrogens with one attached hydrogen (secondary N) is 1. The number of aliphatic hydroxyl groups excluding tert-OH is 2. The van der Waals surface area contributed by atoms with Crippen LogP contribution in [0.4, 0.5) is 15.3 Å². The molecule has 5 aromatic rings. The number of hydrogen-bond donors (Lipinski definition) is 3. The Balaban J connectivity index is 1.30. The van der Waals surface area contributed by atoms with E-state index in [9.17, 15) is 19.8 Å². The van der Waals surface area contributed by atoms with Gasteiger partial charge in [0, 0.05) is 37.2 Å². The number of anilines is 1. The van der Waals surface area contributed by atoms with Gasteiger partial charge < -0.3 is 43.5 Å². The Morgan fingerprint density at radius 1 is 0.871 bits per heavy atom. The van der Waals surface area contributed by atoms with Gasteiger partial charge in [-0.05, 0) is 95.3 Å². The fourth-order valence-corrected chi connectivity index (χ4v) is 10.6. The molecule has 1 saturated carbocycles. The first-order chi connectivity index (χ1) is 34.2. The molecular formula is C56H63N3O11. The largest absolute Gasteiger partial charge is 0.497 e. The number of carbonyl (C=O) groups is 2. The minimum absolute atomic E-state index is 0.0248. The number of oxime groups is 1. The first-order valence-electron chi connectivity index (χ1n) is 24.0. The molecule has 5 aromatic carbocycles. The van der Waals surface area contributed by atoms with Crippen LogP contribution in [0.15, 0.2) is 139 Å². The van der Waals surface area contributed by atoms with Crippen LogP contribution in [0.2, 0.25) is 0 Å². The highest BCUT2D eigenvalue weighted by atomic mass is 16.7. The summed E-state index contributed by atoms with van der Waals surface area (Å²) in [5.41, 5.74) is 4.51. The van der Waals surface area contributed by atoms with E-state index in [0.717, 1.165) is 52.3 Å². The Labute approximate surface area is 409 Å². The number of aliphatic hydroxyl groups is 2. The number of benzene rings is 5. The second-order valence-corrected chi connectivity index (χ2v) is 17.8. The average Bonchev–Trinajstić information content (AvgIpc) is 3.38. The van der Waals surface area contributed by atoms with Gasteiger partial charge in [-0.2, -0.15) is 0 Å². The number of allylic oxidation sites excluding steroid dienone is 1. The Bertz CT molecular complexity index is 2670. The molecule has 0 saturated heterocycles. The van der Waals surface area contributed by atoms with Gasteiger partial charge in [-0.3, -0.25) is 10.2 Å². The first kappa shape index (κ1) is 49.5. The molecule has 14 heteroatoms. The van der Waals surface area contributed by atoms with E-state index in [4.69, 9.17) is 38.4 Å². The van der Waals surface area contributed by atoms with E-state index in [2.05, 4.69) is 18.0 Å². The lowest BCUT2D eigenvalue weighted by molar-refractivity contribution is -0.256. The smallest absolute Gasteiger partial charge is 0.417 e. The van der Waals surface area contributed by atoms with Crippen molar-refractivity contribution in [2.24, 2.45) is 22.9 Å². The van der Waals surface area contributed by atoms with Crippen LogP contribution in [0.3, 0.4) is 0 Å². The molecule has 8 rings (SSSR count). The molecular weight excluding hydrogens is 891 g/mol. The van der Waals surface area contributed by atoms with Crippen LogP contribution in [0, 0.1) is 17.8 Å². The number of rotatable bonds is 21. The number of carbonyl (C=O) groups excluding carboxylic acids is 2. The summed E-state index contributed by atoms with van der Waals surface area (Å²) in [7, 11) is 4.43. The Morgan fingerprint density at radius 3 is 2.39 bits per heavy atom. The van der Waals surface area contributed by atoms with Crippen molar-refractivity contribution >= 4 is 34.4 Å². The second-order valence-electron chi connectivity index (χ2n) is 17.8. The molecule has 2 amide bonds. The van der Waals surface area contributed by atoms with E-state index in [0.29, 0.717) is 47.9 Å². The van der Waals surface area contributed by atoms with Crippen molar-refractivity contribution in [1.29, 1.82) is 0 Å². The van der Waals surface area contributed by atoms with Crippen molar-refractivity contribution in [1.82, 2.24) is 4.90 Å². The van der Waals surface area contributed by atoms with Gasteiger partial charge >= 0.3 is 12.2 Å². The van der Waals surface area contributed by atoms with Gasteiger partial charge in [-0.15, -0.1) is 6.58 Å². The van der Waals surface area contributed by atoms with E-state index >= 15 is 0 Å². The SMILES string of the molecule is C=CCO[C@@]12Oc3ccc(OC(=O)Nc4ccc(OC)cc4OC)cc3[C@H]3[C@H](CCCCO)[C@@H](CCCCO)C=C(C(=NOCc4ccccc4)C[C@@H]1N(Cc1cccc4ccccc14)C(=O)OC)[C@H]32. The van der Waals surface area contributed by atoms with E-state index in [1.165, 1.54) is 14.2 Å². The van der Waals surface area contributed by atoms with Crippen LogP contribution in [-0.4, -0.2) is 86.0 Å². The van der Waals surface area contributed by atoms with Crippen molar-refractivity contribution in [2.45, 2.75) is 75.8 Å². The summed E-state index contributed by atoms with van der Waals surface area (Å²) in [4.78, 5) is 36.3. The van der Waals surface area contributed by atoms with Crippen molar-refractivity contribution in [3.8, 4) is 23.0 Å². The third kappa shape index (κ3) is 10.6. The fraction of sp³-hybridized carbons (Fsp3) is 0.375. The van der Waals surface area contributed by atoms with Crippen molar-refractivity contribution in [2.75, 3.05) is 46.5 Å². The van der Waals surface area contributed by atoms with Gasteiger partial charge in [-0.1, -0.05) is 103 Å². The van der Waals surface area contributed by atoms with Crippen LogP contribution in [0.5, 0.6) is 23.0 Å². The molecule has 2 aliphatic carbocycles. The zero-order valence-corrected chi connectivity index (χ0v) is 40.1. The minimum Gasteiger partial charge on any atom is -0.497 e. The molecule has 0 spiro atoms. The normalized spacial score (nSPS) is 21.6. The lowest BCUT2D eigenvalue weighted by Gasteiger charge is -2.59. The van der Waals surface area contributed by atoms with Crippen molar-refractivity contribution in [3.05, 3.63) is 150 Å². The zero-order chi connectivity index (χ0) is 49.0. The molecule has 0 aromatic heterocycles. The standard InChI is InChI=1S/C56H63N3O11/c1-5-30-67-56-51(59(55(63)66-4)35-40-21-15-20-38-18-9-10-22-43(38)40)34-48(58-68-36-37-16-7-6-8-17-37)45-31-39(19-11-13-28-60)44(23-12-14-29-61)52(53(45)56)46-32-42(25-27-49(46)70-56)69-54(62)57-47-26-24-41(64-2)33-50(47)65-3/h5-10,15-18,20-22,24-27,31-33,39,44,51-53,60-61H,1,11-14,19,23,28-30,34-36H2,2-4H3,(H,57,62)/t39-,44+,51-,52+,53+,56+/m0/s1. The van der Waals surface area contributed by atoms with Gasteiger partial charge in [0.05, 0.1) is 51.8 Å². The Morgan fingerprint density at radius 2 is 1.63 bits per heavy atom. The first-order valence-corrected chi connectivity index (χ1v) is 24.0. The summed E-state index contributed by atoms with van der Waals surface area (Å²) in [6.45, 7) is 4.58. The van der Waals surface area contributed by atoms with Crippen molar-refractivity contribution in [3.63, 3.8) is 0 Å². The highest BCUT2D eigenvalue weighted by Crippen LogP contribution is 2.62. The predicted molar refractivity (Wildman–Crippen MR) is 267 cm³/mol. The monoisotopic (exact) mass is 953 g/mol. The lowest BCUT2D eigenvalue weighted by atomic mass is 9.55. The van der Waals surface area contributed by atoms with Crippen LogP contribution in [-0.2, 0) is 27.5 Å². The third-order valence-electron chi connectivity index (χ3n) is 13.8. The molecule has 0 bridgehead atoms. The zero-order valence-electron chi connectivity index (χ0n) is 40.1. The van der Waals surface area contributed by atoms with Crippen LogP contribution < -0.4 is 24.3 Å². The fourth-order valence-electron chi connectivity index (χ4n) is 10.6. The van der Waals surface area contributed by atoms with Crippen molar-refractivity contribution < 1.29 is 53.1 Å². The summed E-state index contributed by atoms with van der Waals surface area (Å²) in [5, 5.41) is 29.9. The molecule has 14 nitrogen and oxygen atoms in total. The number of fused-ring (bicyclic) bond motifs is 3.